The van der Waals surface area contributed by atoms with E-state index in [4.69, 9.17) is 0 Å². The van der Waals surface area contributed by atoms with Crippen molar-refractivity contribution in [1.82, 2.24) is 0 Å². The van der Waals surface area contributed by atoms with Gasteiger partial charge in [-0.3, -0.25) is 0 Å². The quantitative estimate of drug-likeness (QED) is 0.799. The molecule has 0 radical (unpaired) electrons. The fourth-order valence-corrected chi connectivity index (χ4v) is 3.96. The Kier molecular flexibility index (Phi) is 6.72. The van der Waals surface area contributed by atoms with Gasteiger partial charge in [-0.1, -0.05) is 19.1 Å². The number of hydrogen-bond donors (Lipinski definition) is 1. The van der Waals surface area contributed by atoms with E-state index in [1.165, 1.54) is 0 Å². The van der Waals surface area contributed by atoms with Gasteiger partial charge < -0.3 is 5.32 Å². The lowest BCUT2D eigenvalue weighted by Crippen LogP contribution is -2.18. The van der Waals surface area contributed by atoms with Crippen molar-refractivity contribution >= 4 is 27.3 Å². The molecule has 0 heterocycles. The van der Waals surface area contributed by atoms with E-state index in [-0.39, 0.29) is 11.8 Å². The van der Waals surface area contributed by atoms with Crippen LogP contribution in [-0.2, 0) is 9.84 Å². The molecule has 1 unspecified atom stereocenters. The Bertz CT molecular complexity index is 486. The van der Waals surface area contributed by atoms with Crippen LogP contribution in [0.3, 0.4) is 0 Å². The summed E-state index contributed by atoms with van der Waals surface area (Å²) in [6.07, 6.45) is 3.73. The summed E-state index contributed by atoms with van der Waals surface area (Å²) in [6, 6.07) is 7.45. The third kappa shape index (κ3) is 5.07. The summed E-state index contributed by atoms with van der Waals surface area (Å²) in [5.41, 5.74) is 0.726. The minimum atomic E-state index is -3.17. The number of nitrogens with one attached hydrogen (secondary N) is 1. The molecule has 0 saturated heterocycles. The van der Waals surface area contributed by atoms with Crippen molar-refractivity contribution in [2.75, 3.05) is 23.1 Å². The van der Waals surface area contributed by atoms with Crippen molar-refractivity contribution in [1.29, 1.82) is 0 Å². The van der Waals surface area contributed by atoms with Gasteiger partial charge in [-0.25, -0.2) is 8.42 Å². The molecule has 108 valence electrons. The highest BCUT2D eigenvalue weighted by Crippen LogP contribution is 2.23. The Morgan fingerprint density at radius 1 is 1.32 bits per heavy atom. The first-order chi connectivity index (χ1) is 9.01. The Balaban J connectivity index is 2.90. The zero-order chi connectivity index (χ0) is 14.3. The van der Waals surface area contributed by atoms with Gasteiger partial charge in [-0.2, -0.15) is 11.8 Å². The minimum Gasteiger partial charge on any atom is -0.382 e. The molecule has 5 heteroatoms. The van der Waals surface area contributed by atoms with E-state index in [1.54, 1.807) is 23.9 Å². The summed E-state index contributed by atoms with van der Waals surface area (Å²) in [6.45, 7) is 3.97. The van der Waals surface area contributed by atoms with E-state index < -0.39 is 9.84 Å². The summed E-state index contributed by atoms with van der Waals surface area (Å²) in [5.74, 6) is 1.27. The predicted molar refractivity (Wildman–Crippen MR) is 84.9 cm³/mol. The third-order valence-electron chi connectivity index (χ3n) is 2.85. The SMILES string of the molecule is CCCS(=O)(=O)c1ccccc1NC(C)CCSC. The lowest BCUT2D eigenvalue weighted by molar-refractivity contribution is 0.594. The first-order valence-electron chi connectivity index (χ1n) is 6.58. The van der Waals surface area contributed by atoms with E-state index in [0.717, 1.165) is 17.9 Å². The maximum atomic E-state index is 12.2. The van der Waals surface area contributed by atoms with Gasteiger partial charge >= 0.3 is 0 Å². The maximum Gasteiger partial charge on any atom is 0.180 e. The number of hydrogen-bond acceptors (Lipinski definition) is 4. The molecular formula is C14H23NO2S2. The van der Waals surface area contributed by atoms with Crippen LogP contribution >= 0.6 is 11.8 Å². The Labute approximate surface area is 121 Å². The average Bonchev–Trinajstić information content (AvgIpc) is 2.36. The van der Waals surface area contributed by atoms with Crippen LogP contribution in [0.5, 0.6) is 0 Å². The lowest BCUT2D eigenvalue weighted by Gasteiger charge is -2.17. The second-order valence-corrected chi connectivity index (χ2v) is 7.71. The lowest BCUT2D eigenvalue weighted by atomic mass is 10.2. The standard InChI is InChI=1S/C14H23NO2S2/c1-4-11-19(16,17)14-8-6-5-7-13(14)15-12(2)9-10-18-3/h5-8,12,15H,4,9-11H2,1-3H3. The molecule has 0 spiro atoms. The highest BCUT2D eigenvalue weighted by molar-refractivity contribution is 7.98. The van der Waals surface area contributed by atoms with Gasteiger partial charge in [0.05, 0.1) is 16.3 Å². The second-order valence-electron chi connectivity index (χ2n) is 4.64. The number of para-hydroxylation sites is 1. The minimum absolute atomic E-state index is 0.199. The van der Waals surface area contributed by atoms with Gasteiger partial charge in [-0.05, 0) is 43.9 Å². The number of anilines is 1. The Morgan fingerprint density at radius 3 is 2.63 bits per heavy atom. The predicted octanol–water partition coefficient (Wildman–Crippen LogP) is 3.42. The number of benzene rings is 1. The fraction of sp³-hybridized carbons (Fsp3) is 0.571. The molecule has 0 aliphatic carbocycles. The summed E-state index contributed by atoms with van der Waals surface area (Å²) in [7, 11) is -3.17. The molecule has 1 rings (SSSR count). The van der Waals surface area contributed by atoms with Crippen LogP contribution in [0, 0.1) is 0 Å². The summed E-state index contributed by atoms with van der Waals surface area (Å²) in [5, 5.41) is 3.32. The number of thioether (sulfide) groups is 1. The van der Waals surface area contributed by atoms with Crippen LogP contribution in [-0.4, -0.2) is 32.2 Å². The van der Waals surface area contributed by atoms with E-state index in [9.17, 15) is 8.42 Å². The van der Waals surface area contributed by atoms with E-state index in [0.29, 0.717) is 11.3 Å². The summed E-state index contributed by atoms with van der Waals surface area (Å²) >= 11 is 1.80. The molecule has 0 aromatic heterocycles. The first kappa shape index (κ1) is 16.4. The molecule has 0 bridgehead atoms. The molecule has 0 fully saturated rings. The van der Waals surface area contributed by atoms with Crippen molar-refractivity contribution in [3.8, 4) is 0 Å². The largest absolute Gasteiger partial charge is 0.382 e. The smallest absolute Gasteiger partial charge is 0.180 e. The third-order valence-corrected chi connectivity index (χ3v) is 5.47. The maximum absolute atomic E-state index is 12.2. The monoisotopic (exact) mass is 301 g/mol. The van der Waals surface area contributed by atoms with Crippen molar-refractivity contribution in [3.05, 3.63) is 24.3 Å². The Morgan fingerprint density at radius 2 is 2.00 bits per heavy atom. The molecule has 1 aromatic carbocycles. The molecular weight excluding hydrogens is 278 g/mol. The van der Waals surface area contributed by atoms with Crippen LogP contribution in [0.25, 0.3) is 0 Å². The highest BCUT2D eigenvalue weighted by Gasteiger charge is 2.18. The second kappa shape index (κ2) is 7.80. The van der Waals surface area contributed by atoms with Crippen LogP contribution in [0.4, 0.5) is 5.69 Å². The molecule has 1 N–H and O–H groups in total. The fourth-order valence-electron chi connectivity index (χ4n) is 1.87. The number of sulfone groups is 1. The summed E-state index contributed by atoms with van der Waals surface area (Å²) in [4.78, 5) is 0.424. The molecule has 0 aliphatic rings. The van der Waals surface area contributed by atoms with Crippen LogP contribution in [0.2, 0.25) is 0 Å². The molecule has 0 aliphatic heterocycles. The zero-order valence-electron chi connectivity index (χ0n) is 11.8. The topological polar surface area (TPSA) is 46.2 Å². The van der Waals surface area contributed by atoms with Crippen LogP contribution in [0.1, 0.15) is 26.7 Å². The van der Waals surface area contributed by atoms with Gasteiger partial charge in [-0.15, -0.1) is 0 Å². The molecule has 0 amide bonds. The molecule has 3 nitrogen and oxygen atoms in total. The van der Waals surface area contributed by atoms with Crippen molar-refractivity contribution in [2.45, 2.75) is 37.6 Å². The molecule has 0 saturated carbocycles. The Hall–Kier alpha value is -0.680. The first-order valence-corrected chi connectivity index (χ1v) is 9.63. The van der Waals surface area contributed by atoms with Crippen LogP contribution in [0.15, 0.2) is 29.2 Å². The van der Waals surface area contributed by atoms with E-state index >= 15 is 0 Å². The molecule has 1 atom stereocenters. The van der Waals surface area contributed by atoms with Gasteiger partial charge in [0.25, 0.3) is 0 Å². The van der Waals surface area contributed by atoms with Gasteiger partial charge in [0.15, 0.2) is 9.84 Å². The van der Waals surface area contributed by atoms with Crippen molar-refractivity contribution in [3.63, 3.8) is 0 Å². The van der Waals surface area contributed by atoms with Gasteiger partial charge in [0.1, 0.15) is 0 Å². The number of rotatable bonds is 8. The molecule has 19 heavy (non-hydrogen) atoms. The molecule has 1 aromatic rings. The summed E-state index contributed by atoms with van der Waals surface area (Å²) < 4.78 is 24.4. The van der Waals surface area contributed by atoms with Gasteiger partial charge in [0, 0.05) is 6.04 Å². The van der Waals surface area contributed by atoms with Gasteiger partial charge in [0.2, 0.25) is 0 Å². The zero-order valence-corrected chi connectivity index (χ0v) is 13.5. The normalized spacial score (nSPS) is 13.2. The van der Waals surface area contributed by atoms with E-state index in [1.807, 2.05) is 19.1 Å². The van der Waals surface area contributed by atoms with Crippen LogP contribution < -0.4 is 5.32 Å². The van der Waals surface area contributed by atoms with Crippen molar-refractivity contribution < 1.29 is 8.42 Å². The van der Waals surface area contributed by atoms with Crippen molar-refractivity contribution in [2.24, 2.45) is 0 Å². The average molecular weight is 301 g/mol. The highest BCUT2D eigenvalue weighted by atomic mass is 32.2. The van der Waals surface area contributed by atoms with E-state index in [2.05, 4.69) is 18.5 Å².